The van der Waals surface area contributed by atoms with E-state index in [1.54, 1.807) is 6.92 Å². The molecule has 1 heterocycles. The monoisotopic (exact) mass is 199 g/mol. The van der Waals surface area contributed by atoms with E-state index < -0.39 is 0 Å². The van der Waals surface area contributed by atoms with Crippen molar-refractivity contribution >= 4 is 0 Å². The molecule has 0 aromatic carbocycles. The minimum atomic E-state index is 0.0267. The molecule has 0 aromatic rings. The van der Waals surface area contributed by atoms with Gasteiger partial charge in [0.25, 0.3) is 0 Å². The maximum absolute atomic E-state index is 13.1. The maximum Gasteiger partial charge on any atom is 0.0974 e. The summed E-state index contributed by atoms with van der Waals surface area (Å²) in [6.07, 6.45) is 0.915. The summed E-state index contributed by atoms with van der Waals surface area (Å²) >= 11 is 0. The van der Waals surface area contributed by atoms with Gasteiger partial charge in [0.05, 0.1) is 5.83 Å². The Bertz CT molecular complexity index is 208. The third-order valence-electron chi connectivity index (χ3n) is 3.17. The molecule has 1 saturated heterocycles. The van der Waals surface area contributed by atoms with Gasteiger partial charge in [-0.1, -0.05) is 13.8 Å². The van der Waals surface area contributed by atoms with Crippen LogP contribution in [0.15, 0.2) is 11.4 Å². The van der Waals surface area contributed by atoms with E-state index in [1.807, 2.05) is 0 Å². The van der Waals surface area contributed by atoms with Crippen LogP contribution in [0.2, 0.25) is 0 Å². The van der Waals surface area contributed by atoms with Crippen molar-refractivity contribution in [1.29, 1.82) is 0 Å². The summed E-state index contributed by atoms with van der Waals surface area (Å²) in [6.45, 7) is 11.2. The molecule has 0 bridgehead atoms. The lowest BCUT2D eigenvalue weighted by Gasteiger charge is -2.30. The van der Waals surface area contributed by atoms with Crippen LogP contribution in [0.4, 0.5) is 4.39 Å². The van der Waals surface area contributed by atoms with Gasteiger partial charge in [0.1, 0.15) is 0 Å². The van der Waals surface area contributed by atoms with Crippen molar-refractivity contribution in [2.24, 2.45) is 5.92 Å². The average molecular weight is 199 g/mol. The van der Waals surface area contributed by atoms with Crippen LogP contribution in [0.5, 0.6) is 0 Å². The molecule has 2 heteroatoms. The highest BCUT2D eigenvalue weighted by atomic mass is 19.1. The predicted molar refractivity (Wildman–Crippen MR) is 58.9 cm³/mol. The molecule has 0 aromatic heterocycles. The van der Waals surface area contributed by atoms with Crippen molar-refractivity contribution in [2.75, 3.05) is 6.54 Å². The average Bonchev–Trinajstić information content (AvgIpc) is 2.47. The van der Waals surface area contributed by atoms with Gasteiger partial charge in [-0.15, -0.1) is 0 Å². The molecule has 14 heavy (non-hydrogen) atoms. The number of likely N-dealkylation sites (tertiary alicyclic amines) is 1. The topological polar surface area (TPSA) is 3.24 Å². The molecule has 82 valence electrons. The highest BCUT2D eigenvalue weighted by Crippen LogP contribution is 2.31. The van der Waals surface area contributed by atoms with E-state index in [1.165, 1.54) is 0 Å². The number of allylic oxidation sites excluding steroid dienone is 1. The summed E-state index contributed by atoms with van der Waals surface area (Å²) in [5.41, 5.74) is 0.998. The van der Waals surface area contributed by atoms with Gasteiger partial charge in [0, 0.05) is 18.6 Å². The fourth-order valence-corrected chi connectivity index (χ4v) is 2.21. The lowest BCUT2D eigenvalue weighted by molar-refractivity contribution is 0.166. The maximum atomic E-state index is 13.1. The van der Waals surface area contributed by atoms with Crippen LogP contribution >= 0.6 is 0 Å². The lowest BCUT2D eigenvalue weighted by Crippen LogP contribution is -2.38. The van der Waals surface area contributed by atoms with Crippen LogP contribution in [-0.4, -0.2) is 23.5 Å². The van der Waals surface area contributed by atoms with Crippen molar-refractivity contribution in [1.82, 2.24) is 4.90 Å². The molecule has 1 atom stereocenters. The van der Waals surface area contributed by atoms with E-state index in [4.69, 9.17) is 0 Å². The first-order chi connectivity index (χ1) is 6.43. The van der Waals surface area contributed by atoms with Gasteiger partial charge in [-0.3, -0.25) is 4.90 Å². The standard InChI is InChI=1S/C12H22FN/c1-8(2)12-6-11(10(5)13)7-14(12)9(3)4/h8-9,12H,6-7H2,1-5H3/b11-10+. The molecule has 1 rings (SSSR count). The molecule has 0 amide bonds. The van der Waals surface area contributed by atoms with Gasteiger partial charge in [-0.2, -0.15) is 0 Å². The van der Waals surface area contributed by atoms with Crippen LogP contribution in [0, 0.1) is 5.92 Å². The first-order valence-corrected chi connectivity index (χ1v) is 5.53. The molecular weight excluding hydrogens is 177 g/mol. The first kappa shape index (κ1) is 11.7. The number of rotatable bonds is 2. The summed E-state index contributed by atoms with van der Waals surface area (Å²) in [5.74, 6) is 0.632. The first-order valence-electron chi connectivity index (χ1n) is 5.53. The highest BCUT2D eigenvalue weighted by molar-refractivity contribution is 5.16. The van der Waals surface area contributed by atoms with Crippen LogP contribution in [0.3, 0.4) is 0 Å². The molecule has 0 spiro atoms. The molecule has 1 fully saturated rings. The second-order valence-corrected chi connectivity index (χ2v) is 4.92. The Morgan fingerprint density at radius 1 is 1.36 bits per heavy atom. The summed E-state index contributed by atoms with van der Waals surface area (Å²) in [7, 11) is 0. The zero-order valence-corrected chi connectivity index (χ0v) is 9.97. The van der Waals surface area contributed by atoms with E-state index in [-0.39, 0.29) is 5.83 Å². The van der Waals surface area contributed by atoms with Crippen LogP contribution < -0.4 is 0 Å². The molecule has 1 aliphatic heterocycles. The van der Waals surface area contributed by atoms with Crippen LogP contribution in [0.1, 0.15) is 41.0 Å². The van der Waals surface area contributed by atoms with Gasteiger partial charge in [0.2, 0.25) is 0 Å². The molecule has 1 aliphatic rings. The van der Waals surface area contributed by atoms with Gasteiger partial charge >= 0.3 is 0 Å². The zero-order valence-electron chi connectivity index (χ0n) is 9.97. The quantitative estimate of drug-likeness (QED) is 0.659. The number of halogens is 1. The Kier molecular flexibility index (Phi) is 3.71. The Morgan fingerprint density at radius 2 is 1.93 bits per heavy atom. The van der Waals surface area contributed by atoms with Gasteiger partial charge < -0.3 is 0 Å². The fourth-order valence-electron chi connectivity index (χ4n) is 2.21. The normalized spacial score (nSPS) is 27.9. The number of hydrogen-bond acceptors (Lipinski definition) is 1. The molecule has 1 unspecified atom stereocenters. The van der Waals surface area contributed by atoms with Crippen LogP contribution in [-0.2, 0) is 0 Å². The lowest BCUT2D eigenvalue weighted by atomic mass is 9.99. The van der Waals surface area contributed by atoms with E-state index in [0.29, 0.717) is 18.0 Å². The molecular formula is C12H22FN. The predicted octanol–water partition coefficient (Wildman–Crippen LogP) is 3.37. The van der Waals surface area contributed by atoms with Crippen molar-refractivity contribution in [2.45, 2.75) is 53.1 Å². The molecule has 0 saturated carbocycles. The molecule has 1 nitrogen and oxygen atoms in total. The zero-order chi connectivity index (χ0) is 10.9. The van der Waals surface area contributed by atoms with Gasteiger partial charge in [-0.25, -0.2) is 4.39 Å². The Labute approximate surface area is 87.0 Å². The molecule has 0 N–H and O–H groups in total. The Hall–Kier alpha value is -0.370. The van der Waals surface area contributed by atoms with Crippen molar-refractivity contribution in [3.63, 3.8) is 0 Å². The van der Waals surface area contributed by atoms with Crippen molar-refractivity contribution in [3.8, 4) is 0 Å². The van der Waals surface area contributed by atoms with Crippen molar-refractivity contribution in [3.05, 3.63) is 11.4 Å². The van der Waals surface area contributed by atoms with Gasteiger partial charge in [-0.05, 0) is 38.7 Å². The van der Waals surface area contributed by atoms with Crippen LogP contribution in [0.25, 0.3) is 0 Å². The third kappa shape index (κ3) is 2.35. The Morgan fingerprint density at radius 3 is 2.21 bits per heavy atom. The summed E-state index contributed by atoms with van der Waals surface area (Å²) in [4.78, 5) is 2.41. The number of nitrogens with zero attached hydrogens (tertiary/aromatic N) is 1. The smallest absolute Gasteiger partial charge is 0.0974 e. The minimum absolute atomic E-state index is 0.0267. The molecule has 0 aliphatic carbocycles. The largest absolute Gasteiger partial charge is 0.293 e. The minimum Gasteiger partial charge on any atom is -0.293 e. The van der Waals surface area contributed by atoms with Gasteiger partial charge in [0.15, 0.2) is 0 Å². The SMILES string of the molecule is C/C(F)=C1/CC(C(C)C)N(C(C)C)C1. The number of hydrogen-bond donors (Lipinski definition) is 0. The van der Waals surface area contributed by atoms with Crippen molar-refractivity contribution < 1.29 is 4.39 Å². The second kappa shape index (κ2) is 4.43. The summed E-state index contributed by atoms with van der Waals surface area (Å²) < 4.78 is 13.1. The van der Waals surface area contributed by atoms with E-state index in [9.17, 15) is 4.39 Å². The highest BCUT2D eigenvalue weighted by Gasteiger charge is 2.32. The summed E-state index contributed by atoms with van der Waals surface area (Å²) in [6, 6.07) is 1.04. The van der Waals surface area contributed by atoms with E-state index in [2.05, 4.69) is 32.6 Å². The second-order valence-electron chi connectivity index (χ2n) is 4.92. The van der Waals surface area contributed by atoms with E-state index in [0.717, 1.165) is 18.5 Å². The van der Waals surface area contributed by atoms with E-state index >= 15 is 0 Å². The molecule has 0 radical (unpaired) electrons. The fraction of sp³-hybridized carbons (Fsp3) is 0.833. The summed E-state index contributed by atoms with van der Waals surface area (Å²) in [5, 5.41) is 0. The Balaban J connectivity index is 2.81. The third-order valence-corrected chi connectivity index (χ3v) is 3.17.